The highest BCUT2D eigenvalue weighted by Crippen LogP contribution is 2.34. The van der Waals surface area contributed by atoms with Crippen LogP contribution in [-0.2, 0) is 0 Å². The van der Waals surface area contributed by atoms with Gasteiger partial charge in [-0.25, -0.2) is 9.37 Å². The Labute approximate surface area is 163 Å². The summed E-state index contributed by atoms with van der Waals surface area (Å²) in [6.07, 6.45) is 0. The van der Waals surface area contributed by atoms with Gasteiger partial charge in [0, 0.05) is 11.6 Å². The molecule has 0 saturated heterocycles. The molecule has 2 heterocycles. The number of carbonyl (C=O) groups is 1. The van der Waals surface area contributed by atoms with Gasteiger partial charge in [0.15, 0.2) is 0 Å². The van der Waals surface area contributed by atoms with Crippen molar-refractivity contribution in [3.05, 3.63) is 70.1 Å². The number of fused-ring (bicyclic) bond motifs is 1. The topological polar surface area (TPSA) is 59.8 Å². The number of halogens is 2. The van der Waals surface area contributed by atoms with E-state index in [4.69, 9.17) is 11.6 Å². The van der Waals surface area contributed by atoms with Crippen LogP contribution in [0.3, 0.4) is 0 Å². The van der Waals surface area contributed by atoms with E-state index in [9.17, 15) is 9.18 Å². The number of anilines is 1. The van der Waals surface area contributed by atoms with Gasteiger partial charge in [0.05, 0.1) is 20.9 Å². The molecule has 1 amide bonds. The first-order valence-corrected chi connectivity index (χ1v) is 9.31. The fraction of sp³-hybridized carbons (Fsp3) is 0.105. The van der Waals surface area contributed by atoms with Crippen LogP contribution in [0.15, 0.2) is 42.5 Å². The molecule has 0 atom stereocenters. The Morgan fingerprint density at radius 3 is 2.78 bits per heavy atom. The molecule has 4 rings (SSSR count). The zero-order valence-corrected chi connectivity index (χ0v) is 16.0. The molecule has 0 spiro atoms. The second-order valence-corrected chi connectivity index (χ2v) is 7.47. The summed E-state index contributed by atoms with van der Waals surface area (Å²) in [5.74, 6) is -0.441. The summed E-state index contributed by atoms with van der Waals surface area (Å²) in [5, 5.41) is 8.41. The van der Waals surface area contributed by atoms with Crippen molar-refractivity contribution >= 4 is 44.9 Å². The van der Waals surface area contributed by atoms with E-state index in [-0.39, 0.29) is 5.56 Å². The van der Waals surface area contributed by atoms with E-state index in [1.54, 1.807) is 16.8 Å². The van der Waals surface area contributed by atoms with E-state index in [0.29, 0.717) is 21.7 Å². The van der Waals surface area contributed by atoms with E-state index in [2.05, 4.69) is 15.4 Å². The Balaban J connectivity index is 1.74. The van der Waals surface area contributed by atoms with Gasteiger partial charge in [0.25, 0.3) is 5.91 Å². The van der Waals surface area contributed by atoms with Crippen LogP contribution < -0.4 is 5.32 Å². The van der Waals surface area contributed by atoms with Gasteiger partial charge in [-0.15, -0.1) is 0 Å². The molecule has 1 N–H and O–H groups in total. The lowest BCUT2D eigenvalue weighted by molar-refractivity contribution is 0.102. The lowest BCUT2D eigenvalue weighted by Gasteiger charge is -2.06. The minimum Gasteiger partial charge on any atom is -0.306 e. The second-order valence-electron chi connectivity index (χ2n) is 6.09. The maximum atomic E-state index is 13.4. The highest BCUT2D eigenvalue weighted by molar-refractivity contribution is 7.21. The van der Waals surface area contributed by atoms with E-state index < -0.39 is 11.7 Å². The third-order valence-electron chi connectivity index (χ3n) is 4.03. The van der Waals surface area contributed by atoms with Crippen LogP contribution in [0.1, 0.15) is 21.6 Å². The van der Waals surface area contributed by atoms with Gasteiger partial charge >= 0.3 is 0 Å². The monoisotopic (exact) mass is 400 g/mol. The van der Waals surface area contributed by atoms with Crippen LogP contribution in [0, 0.1) is 19.7 Å². The zero-order valence-electron chi connectivity index (χ0n) is 14.5. The molecule has 0 fully saturated rings. The number of rotatable bonds is 3. The van der Waals surface area contributed by atoms with Gasteiger partial charge in [-0.1, -0.05) is 35.1 Å². The van der Waals surface area contributed by atoms with Crippen molar-refractivity contribution in [1.29, 1.82) is 0 Å². The van der Waals surface area contributed by atoms with E-state index in [1.165, 1.54) is 29.5 Å². The van der Waals surface area contributed by atoms with Crippen molar-refractivity contribution < 1.29 is 9.18 Å². The summed E-state index contributed by atoms with van der Waals surface area (Å²) in [4.78, 5) is 17.1. The van der Waals surface area contributed by atoms with Gasteiger partial charge in [-0.2, -0.15) is 9.78 Å². The van der Waals surface area contributed by atoms with Crippen molar-refractivity contribution in [3.8, 4) is 5.13 Å². The number of aryl methyl sites for hydroxylation is 2. The quantitative estimate of drug-likeness (QED) is 0.517. The molecule has 0 radical (unpaired) electrons. The van der Waals surface area contributed by atoms with Crippen LogP contribution in [0.4, 0.5) is 10.2 Å². The first-order valence-electron chi connectivity index (χ1n) is 8.12. The molecule has 27 heavy (non-hydrogen) atoms. The summed E-state index contributed by atoms with van der Waals surface area (Å²) < 4.78 is 15.8. The Hall–Kier alpha value is -2.77. The van der Waals surface area contributed by atoms with Gasteiger partial charge in [-0.3, -0.25) is 4.79 Å². The molecule has 0 aliphatic rings. The van der Waals surface area contributed by atoms with Crippen LogP contribution in [-0.4, -0.2) is 20.7 Å². The number of hydrogen-bond donors (Lipinski definition) is 1. The molecular weight excluding hydrogens is 387 g/mol. The molecule has 0 unspecified atom stereocenters. The summed E-state index contributed by atoms with van der Waals surface area (Å²) in [7, 11) is 0. The van der Waals surface area contributed by atoms with Gasteiger partial charge in [0.2, 0.25) is 5.13 Å². The largest absolute Gasteiger partial charge is 0.306 e. The molecule has 5 nitrogen and oxygen atoms in total. The minimum atomic E-state index is -0.469. The molecule has 0 bridgehead atoms. The average Bonchev–Trinajstić information content (AvgIpc) is 3.23. The first kappa shape index (κ1) is 17.6. The lowest BCUT2D eigenvalue weighted by atomic mass is 10.2. The second kappa shape index (κ2) is 6.75. The zero-order chi connectivity index (χ0) is 19.1. The highest BCUT2D eigenvalue weighted by atomic mass is 35.5. The van der Waals surface area contributed by atoms with Gasteiger partial charge in [-0.05, 0) is 43.7 Å². The van der Waals surface area contributed by atoms with Crippen molar-refractivity contribution in [2.24, 2.45) is 0 Å². The molecule has 4 aromatic rings. The number of thiazole rings is 1. The molecule has 0 aliphatic heterocycles. The molecule has 2 aromatic carbocycles. The molecule has 0 saturated carbocycles. The Morgan fingerprint density at radius 1 is 1.22 bits per heavy atom. The SMILES string of the molecule is Cc1cc(NC(=O)c2cccc(F)c2)n(-c2nc3c(C)ccc(Cl)c3s2)n1. The third-order valence-corrected chi connectivity index (χ3v) is 5.52. The number of amides is 1. The van der Waals surface area contributed by atoms with Crippen molar-refractivity contribution in [1.82, 2.24) is 14.8 Å². The minimum absolute atomic E-state index is 0.226. The number of aromatic nitrogens is 3. The molecule has 2 aromatic heterocycles. The third kappa shape index (κ3) is 3.31. The smallest absolute Gasteiger partial charge is 0.256 e. The fourth-order valence-corrected chi connectivity index (χ4v) is 4.02. The summed E-state index contributed by atoms with van der Waals surface area (Å²) in [6.45, 7) is 3.78. The number of nitrogens with zero attached hydrogens (tertiary/aromatic N) is 3. The van der Waals surface area contributed by atoms with Crippen molar-refractivity contribution in [2.45, 2.75) is 13.8 Å². The lowest BCUT2D eigenvalue weighted by Crippen LogP contribution is -2.15. The van der Waals surface area contributed by atoms with Crippen LogP contribution in [0.2, 0.25) is 5.02 Å². The Bertz CT molecular complexity index is 1140. The molecule has 136 valence electrons. The number of hydrogen-bond acceptors (Lipinski definition) is 4. The maximum Gasteiger partial charge on any atom is 0.256 e. The van der Waals surface area contributed by atoms with E-state index in [1.807, 2.05) is 26.0 Å². The Morgan fingerprint density at radius 2 is 2.04 bits per heavy atom. The van der Waals surface area contributed by atoms with Crippen molar-refractivity contribution in [3.63, 3.8) is 0 Å². The Kier molecular flexibility index (Phi) is 4.41. The summed E-state index contributed by atoms with van der Waals surface area (Å²) in [5.41, 5.74) is 2.75. The number of carbonyl (C=O) groups excluding carboxylic acids is 1. The van der Waals surface area contributed by atoms with E-state index >= 15 is 0 Å². The van der Waals surface area contributed by atoms with Crippen LogP contribution >= 0.6 is 22.9 Å². The highest BCUT2D eigenvalue weighted by Gasteiger charge is 2.17. The maximum absolute atomic E-state index is 13.4. The number of benzene rings is 2. The van der Waals surface area contributed by atoms with E-state index in [0.717, 1.165) is 15.8 Å². The van der Waals surface area contributed by atoms with Gasteiger partial charge in [0.1, 0.15) is 11.6 Å². The molecular formula is C19H14ClFN4OS. The van der Waals surface area contributed by atoms with Gasteiger partial charge < -0.3 is 5.32 Å². The van der Waals surface area contributed by atoms with Crippen LogP contribution in [0.5, 0.6) is 0 Å². The fourth-order valence-electron chi connectivity index (χ4n) is 2.73. The van der Waals surface area contributed by atoms with Crippen molar-refractivity contribution in [2.75, 3.05) is 5.32 Å². The summed E-state index contributed by atoms with van der Waals surface area (Å²) in [6, 6.07) is 11.0. The van der Waals surface area contributed by atoms with Crippen LogP contribution in [0.25, 0.3) is 15.3 Å². The first-order chi connectivity index (χ1) is 12.9. The normalized spacial score (nSPS) is 11.1. The predicted molar refractivity (Wildman–Crippen MR) is 106 cm³/mol. The average molecular weight is 401 g/mol. The predicted octanol–water partition coefficient (Wildman–Crippen LogP) is 5.14. The number of nitrogens with one attached hydrogen (secondary N) is 1. The molecule has 8 heteroatoms. The summed E-state index contributed by atoms with van der Waals surface area (Å²) >= 11 is 7.68. The molecule has 0 aliphatic carbocycles. The standard InChI is InChI=1S/C19H14ClFN4OS/c1-10-6-7-14(20)17-16(10)23-19(27-17)25-15(8-11(2)24-25)22-18(26)12-4-3-5-13(21)9-12/h3-9H,1-2H3,(H,22,26).